The highest BCUT2D eigenvalue weighted by molar-refractivity contribution is 6.29. The van der Waals surface area contributed by atoms with Gasteiger partial charge in [-0.1, -0.05) is 11.6 Å². The van der Waals surface area contributed by atoms with Gasteiger partial charge in [0.15, 0.2) is 0 Å². The molecule has 19 heavy (non-hydrogen) atoms. The van der Waals surface area contributed by atoms with Crippen LogP contribution in [0.5, 0.6) is 0 Å². The molecule has 104 valence electrons. The van der Waals surface area contributed by atoms with Crippen LogP contribution in [0.2, 0.25) is 5.15 Å². The number of nitrogens with one attached hydrogen (secondary N) is 1. The van der Waals surface area contributed by atoms with Crippen LogP contribution in [0.15, 0.2) is 12.4 Å². The van der Waals surface area contributed by atoms with Gasteiger partial charge < -0.3 is 14.8 Å². The van der Waals surface area contributed by atoms with Gasteiger partial charge in [0.1, 0.15) is 17.3 Å². The number of hydrogen-bond acceptors (Lipinski definition) is 7. The number of aromatic nitrogens is 2. The molecule has 7 nitrogen and oxygen atoms in total. The molecule has 0 amide bonds. The third-order valence-corrected chi connectivity index (χ3v) is 2.18. The lowest BCUT2D eigenvalue weighted by molar-refractivity contribution is -0.155. The van der Waals surface area contributed by atoms with Gasteiger partial charge in [0, 0.05) is 6.07 Å². The summed E-state index contributed by atoms with van der Waals surface area (Å²) in [5.41, 5.74) is 0. The molecule has 0 radical (unpaired) electrons. The largest absolute Gasteiger partial charge is 0.464 e. The molecule has 0 aliphatic carbocycles. The van der Waals surface area contributed by atoms with E-state index >= 15 is 0 Å². The molecular formula is C11H14ClN3O4. The Bertz CT molecular complexity index is 437. The minimum absolute atomic E-state index is 0.154. The van der Waals surface area contributed by atoms with E-state index in [9.17, 15) is 9.59 Å². The van der Waals surface area contributed by atoms with E-state index in [0.29, 0.717) is 0 Å². The zero-order chi connectivity index (χ0) is 14.3. The first-order valence-electron chi connectivity index (χ1n) is 5.65. The Hall–Kier alpha value is -1.89. The molecule has 0 spiro atoms. The van der Waals surface area contributed by atoms with Crippen LogP contribution < -0.4 is 5.32 Å². The van der Waals surface area contributed by atoms with Gasteiger partial charge in [-0.15, -0.1) is 0 Å². The fourth-order valence-electron chi connectivity index (χ4n) is 1.23. The summed E-state index contributed by atoms with van der Waals surface area (Å²) < 4.78 is 9.59. The van der Waals surface area contributed by atoms with E-state index in [1.54, 1.807) is 13.8 Å². The van der Waals surface area contributed by atoms with E-state index in [0.717, 1.165) is 0 Å². The van der Waals surface area contributed by atoms with Crippen molar-refractivity contribution >= 4 is 29.4 Å². The van der Waals surface area contributed by atoms with Gasteiger partial charge in [-0.05, 0) is 13.8 Å². The first-order valence-corrected chi connectivity index (χ1v) is 6.03. The van der Waals surface area contributed by atoms with Gasteiger partial charge in [0.2, 0.25) is 6.04 Å². The van der Waals surface area contributed by atoms with Gasteiger partial charge in [-0.2, -0.15) is 0 Å². The summed E-state index contributed by atoms with van der Waals surface area (Å²) in [6.45, 7) is 3.59. The predicted octanol–water partition coefficient (Wildman–Crippen LogP) is 1.04. The average Bonchev–Trinajstić information content (AvgIpc) is 2.36. The molecule has 1 rings (SSSR count). The van der Waals surface area contributed by atoms with Crippen molar-refractivity contribution in [2.45, 2.75) is 19.9 Å². The Labute approximate surface area is 115 Å². The normalized spacial score (nSPS) is 10.1. The minimum Gasteiger partial charge on any atom is -0.464 e. The maximum absolute atomic E-state index is 11.7. The van der Waals surface area contributed by atoms with Gasteiger partial charge >= 0.3 is 11.9 Å². The van der Waals surface area contributed by atoms with Crippen molar-refractivity contribution in [3.05, 3.63) is 17.5 Å². The van der Waals surface area contributed by atoms with Crippen molar-refractivity contribution in [2.24, 2.45) is 0 Å². The van der Waals surface area contributed by atoms with Crippen LogP contribution in [-0.2, 0) is 19.1 Å². The summed E-state index contributed by atoms with van der Waals surface area (Å²) in [5, 5.41) is 2.79. The van der Waals surface area contributed by atoms with Crippen molar-refractivity contribution < 1.29 is 19.1 Å². The van der Waals surface area contributed by atoms with Crippen molar-refractivity contribution in [3.63, 3.8) is 0 Å². The molecule has 0 aromatic carbocycles. The number of carbonyl (C=O) groups is 2. The summed E-state index contributed by atoms with van der Waals surface area (Å²) in [7, 11) is 0. The Morgan fingerprint density at radius 3 is 2.32 bits per heavy atom. The van der Waals surface area contributed by atoms with Crippen molar-refractivity contribution in [2.75, 3.05) is 18.5 Å². The average molecular weight is 288 g/mol. The summed E-state index contributed by atoms with van der Waals surface area (Å²) in [4.78, 5) is 30.9. The van der Waals surface area contributed by atoms with Crippen LogP contribution >= 0.6 is 11.6 Å². The number of nitrogens with zero attached hydrogens (tertiary/aromatic N) is 2. The monoisotopic (exact) mass is 287 g/mol. The second-order valence-corrected chi connectivity index (χ2v) is 3.69. The molecule has 1 aromatic heterocycles. The second-order valence-electron chi connectivity index (χ2n) is 3.31. The highest BCUT2D eigenvalue weighted by Gasteiger charge is 2.29. The number of anilines is 1. The number of halogens is 1. The molecule has 0 atom stereocenters. The molecule has 1 aromatic rings. The summed E-state index contributed by atoms with van der Waals surface area (Å²) in [6.07, 6.45) is 1.21. The number of rotatable bonds is 6. The Morgan fingerprint density at radius 2 is 1.84 bits per heavy atom. The van der Waals surface area contributed by atoms with E-state index in [2.05, 4.69) is 15.3 Å². The molecule has 1 N–H and O–H groups in total. The van der Waals surface area contributed by atoms with Crippen molar-refractivity contribution in [3.8, 4) is 0 Å². The lowest BCUT2D eigenvalue weighted by Crippen LogP contribution is -2.40. The van der Waals surface area contributed by atoms with Crippen LogP contribution in [0, 0.1) is 0 Å². The van der Waals surface area contributed by atoms with E-state index in [4.69, 9.17) is 21.1 Å². The number of esters is 2. The Morgan fingerprint density at radius 1 is 1.26 bits per heavy atom. The molecule has 0 saturated heterocycles. The number of carbonyl (C=O) groups excluding carboxylic acids is 2. The molecule has 8 heteroatoms. The predicted molar refractivity (Wildman–Crippen MR) is 67.7 cm³/mol. The van der Waals surface area contributed by atoms with Gasteiger partial charge in [0.25, 0.3) is 0 Å². The highest BCUT2D eigenvalue weighted by Crippen LogP contribution is 2.11. The van der Waals surface area contributed by atoms with Crippen LogP contribution in [0.3, 0.4) is 0 Å². The van der Waals surface area contributed by atoms with Gasteiger partial charge in [-0.25, -0.2) is 19.6 Å². The zero-order valence-corrected chi connectivity index (χ0v) is 11.3. The first-order chi connectivity index (χ1) is 9.08. The topological polar surface area (TPSA) is 90.4 Å². The first kappa shape index (κ1) is 15.2. The van der Waals surface area contributed by atoms with Crippen LogP contribution in [-0.4, -0.2) is 41.2 Å². The molecule has 1 heterocycles. The number of ether oxygens (including phenoxy) is 2. The molecule has 0 fully saturated rings. The lowest BCUT2D eigenvalue weighted by atomic mass is 10.3. The lowest BCUT2D eigenvalue weighted by Gasteiger charge is -2.16. The zero-order valence-electron chi connectivity index (χ0n) is 10.6. The number of hydrogen-bond donors (Lipinski definition) is 1. The third-order valence-electron chi connectivity index (χ3n) is 1.97. The molecule has 0 aliphatic heterocycles. The molecule has 0 saturated carbocycles. The van der Waals surface area contributed by atoms with Crippen molar-refractivity contribution in [1.82, 2.24) is 9.97 Å². The fourth-order valence-corrected chi connectivity index (χ4v) is 1.37. The van der Waals surface area contributed by atoms with Crippen molar-refractivity contribution in [1.29, 1.82) is 0 Å². The Balaban J connectivity index is 2.84. The molecular weight excluding hydrogens is 274 g/mol. The standard InChI is InChI=1S/C11H14ClN3O4/c1-3-18-10(16)9(11(17)19-4-2)15-8-5-7(12)13-6-14-8/h5-6,9H,3-4H2,1-2H3,(H,13,14,15). The van der Waals surface area contributed by atoms with E-state index < -0.39 is 18.0 Å². The maximum Gasteiger partial charge on any atom is 0.340 e. The molecule has 0 unspecified atom stereocenters. The maximum atomic E-state index is 11.7. The van der Waals surface area contributed by atoms with E-state index in [1.807, 2.05) is 0 Å². The van der Waals surface area contributed by atoms with Gasteiger partial charge in [0.05, 0.1) is 13.2 Å². The Kier molecular flexibility index (Phi) is 6.01. The van der Waals surface area contributed by atoms with Crippen LogP contribution in [0.4, 0.5) is 5.82 Å². The second kappa shape index (κ2) is 7.52. The minimum atomic E-state index is -1.29. The third kappa shape index (κ3) is 4.70. The summed E-state index contributed by atoms with van der Waals surface area (Å²) in [6, 6.07) is 0.0957. The fraction of sp³-hybridized carbons (Fsp3) is 0.455. The molecule has 0 bridgehead atoms. The summed E-state index contributed by atoms with van der Waals surface area (Å²) >= 11 is 5.69. The van der Waals surface area contributed by atoms with E-state index in [1.165, 1.54) is 12.4 Å². The van der Waals surface area contributed by atoms with Gasteiger partial charge in [-0.3, -0.25) is 0 Å². The highest BCUT2D eigenvalue weighted by atomic mass is 35.5. The van der Waals surface area contributed by atoms with E-state index in [-0.39, 0.29) is 24.2 Å². The SMILES string of the molecule is CCOC(=O)C(Nc1cc(Cl)ncn1)C(=O)OCC. The van der Waals surface area contributed by atoms with Crippen LogP contribution in [0.1, 0.15) is 13.8 Å². The van der Waals surface area contributed by atoms with Crippen LogP contribution in [0.25, 0.3) is 0 Å². The smallest absolute Gasteiger partial charge is 0.340 e. The quantitative estimate of drug-likeness (QED) is 0.475. The molecule has 0 aliphatic rings. The summed E-state index contributed by atoms with van der Waals surface area (Å²) in [5.74, 6) is -1.25.